The van der Waals surface area contributed by atoms with Crippen molar-refractivity contribution in [1.29, 1.82) is 0 Å². The summed E-state index contributed by atoms with van der Waals surface area (Å²) in [6, 6.07) is 5.54. The molecule has 1 aromatic carbocycles. The summed E-state index contributed by atoms with van der Waals surface area (Å²) < 4.78 is 0.930. The van der Waals surface area contributed by atoms with Crippen molar-refractivity contribution in [3.8, 4) is 5.75 Å². The van der Waals surface area contributed by atoms with Gasteiger partial charge < -0.3 is 10.4 Å². The van der Waals surface area contributed by atoms with Gasteiger partial charge in [-0.25, -0.2) is 0 Å². The standard InChI is InChI=1S/C8H10INO.ClH/c1-10-5-6-3-2-4-7(11)8(6)9;/h2-4,10-11H,5H2,1H3;1H. The zero-order chi connectivity index (χ0) is 8.27. The van der Waals surface area contributed by atoms with Crippen LogP contribution in [0.5, 0.6) is 5.75 Å². The van der Waals surface area contributed by atoms with Gasteiger partial charge in [0, 0.05) is 6.54 Å². The van der Waals surface area contributed by atoms with Crippen LogP contribution in [-0.4, -0.2) is 12.2 Å². The molecule has 0 radical (unpaired) electrons. The van der Waals surface area contributed by atoms with E-state index in [1.807, 2.05) is 19.2 Å². The normalized spacial score (nSPS) is 9.17. The average Bonchev–Trinajstić information content (AvgIpc) is 1.99. The van der Waals surface area contributed by atoms with Crippen molar-refractivity contribution in [2.75, 3.05) is 7.05 Å². The van der Waals surface area contributed by atoms with Gasteiger partial charge in [-0.15, -0.1) is 12.4 Å². The number of phenols is 1. The van der Waals surface area contributed by atoms with E-state index in [0.29, 0.717) is 5.75 Å². The minimum Gasteiger partial charge on any atom is -0.507 e. The molecule has 0 aromatic heterocycles. The second-order valence-electron chi connectivity index (χ2n) is 2.28. The van der Waals surface area contributed by atoms with E-state index in [1.165, 1.54) is 0 Å². The number of aromatic hydroxyl groups is 1. The van der Waals surface area contributed by atoms with Gasteiger partial charge in [-0.2, -0.15) is 0 Å². The summed E-state index contributed by atoms with van der Waals surface area (Å²) in [5, 5.41) is 12.3. The van der Waals surface area contributed by atoms with Gasteiger partial charge in [-0.05, 0) is 41.3 Å². The van der Waals surface area contributed by atoms with Gasteiger partial charge >= 0.3 is 0 Å². The maximum absolute atomic E-state index is 9.29. The van der Waals surface area contributed by atoms with Gasteiger partial charge in [0.15, 0.2) is 0 Å². The summed E-state index contributed by atoms with van der Waals surface area (Å²) in [6.45, 7) is 0.798. The molecule has 0 unspecified atom stereocenters. The molecule has 2 N–H and O–H groups in total. The largest absolute Gasteiger partial charge is 0.507 e. The van der Waals surface area contributed by atoms with Crippen molar-refractivity contribution in [3.63, 3.8) is 0 Å². The lowest BCUT2D eigenvalue weighted by molar-refractivity contribution is 0.470. The van der Waals surface area contributed by atoms with Crippen LogP contribution in [0, 0.1) is 3.57 Å². The zero-order valence-electron chi connectivity index (χ0n) is 6.67. The molecule has 68 valence electrons. The Bertz CT molecular complexity index is 255. The maximum Gasteiger partial charge on any atom is 0.129 e. The highest BCUT2D eigenvalue weighted by atomic mass is 127. The third-order valence-corrected chi connectivity index (χ3v) is 2.67. The van der Waals surface area contributed by atoms with Crippen LogP contribution >= 0.6 is 35.0 Å². The molecular formula is C8H11ClINO. The number of rotatable bonds is 2. The molecule has 2 nitrogen and oxygen atoms in total. The van der Waals surface area contributed by atoms with Gasteiger partial charge in [-0.1, -0.05) is 12.1 Å². The van der Waals surface area contributed by atoms with Crippen molar-refractivity contribution in [3.05, 3.63) is 27.3 Å². The molecule has 12 heavy (non-hydrogen) atoms. The quantitative estimate of drug-likeness (QED) is 0.820. The van der Waals surface area contributed by atoms with Crippen molar-refractivity contribution >= 4 is 35.0 Å². The van der Waals surface area contributed by atoms with Crippen LogP contribution in [0.1, 0.15) is 5.56 Å². The Labute approximate surface area is 91.9 Å². The highest BCUT2D eigenvalue weighted by Gasteiger charge is 2.01. The number of nitrogens with one attached hydrogen (secondary N) is 1. The van der Waals surface area contributed by atoms with Gasteiger partial charge in [0.25, 0.3) is 0 Å². The van der Waals surface area contributed by atoms with E-state index < -0.39 is 0 Å². The molecule has 0 amide bonds. The molecule has 4 heteroatoms. The van der Waals surface area contributed by atoms with Gasteiger partial charge in [0.2, 0.25) is 0 Å². The summed E-state index contributed by atoms with van der Waals surface area (Å²) in [5.74, 6) is 0.360. The average molecular weight is 300 g/mol. The number of halogens is 2. The summed E-state index contributed by atoms with van der Waals surface area (Å²) >= 11 is 2.14. The van der Waals surface area contributed by atoms with Gasteiger partial charge in [0.1, 0.15) is 5.75 Å². The minimum absolute atomic E-state index is 0. The SMILES string of the molecule is CNCc1cccc(O)c1I.Cl. The molecule has 0 aliphatic rings. The number of hydrogen-bond acceptors (Lipinski definition) is 2. The summed E-state index contributed by atoms with van der Waals surface area (Å²) in [6.07, 6.45) is 0. The molecule has 0 bridgehead atoms. The van der Waals surface area contributed by atoms with E-state index in [0.717, 1.165) is 15.7 Å². The fourth-order valence-corrected chi connectivity index (χ4v) is 1.44. The smallest absolute Gasteiger partial charge is 0.129 e. The van der Waals surface area contributed by atoms with Crippen LogP contribution in [0.4, 0.5) is 0 Å². The second-order valence-corrected chi connectivity index (χ2v) is 3.36. The third-order valence-electron chi connectivity index (χ3n) is 1.43. The Morgan fingerprint density at radius 2 is 2.17 bits per heavy atom. The predicted molar refractivity (Wildman–Crippen MR) is 60.8 cm³/mol. The van der Waals surface area contributed by atoms with E-state index in [1.54, 1.807) is 6.07 Å². The lowest BCUT2D eigenvalue weighted by Crippen LogP contribution is -2.06. The number of hydrogen-bond donors (Lipinski definition) is 2. The van der Waals surface area contributed by atoms with Crippen LogP contribution in [0.15, 0.2) is 18.2 Å². The first kappa shape index (κ1) is 12.0. The first-order chi connectivity index (χ1) is 5.25. The van der Waals surface area contributed by atoms with E-state index in [4.69, 9.17) is 0 Å². The molecule has 0 aliphatic carbocycles. The van der Waals surface area contributed by atoms with Crippen LogP contribution in [0.3, 0.4) is 0 Å². The fraction of sp³-hybridized carbons (Fsp3) is 0.250. The van der Waals surface area contributed by atoms with Crippen LogP contribution in [0.25, 0.3) is 0 Å². The van der Waals surface area contributed by atoms with E-state index in [9.17, 15) is 5.11 Å². The highest BCUT2D eigenvalue weighted by molar-refractivity contribution is 14.1. The van der Waals surface area contributed by atoms with Crippen molar-refractivity contribution in [2.45, 2.75) is 6.54 Å². The van der Waals surface area contributed by atoms with Crippen LogP contribution in [0.2, 0.25) is 0 Å². The van der Waals surface area contributed by atoms with Gasteiger partial charge in [0.05, 0.1) is 3.57 Å². The molecule has 0 saturated heterocycles. The Hall–Kier alpha value is -0.0000000000000000555. The lowest BCUT2D eigenvalue weighted by Gasteiger charge is -2.03. The Kier molecular flexibility index (Phi) is 5.61. The first-order valence-corrected chi connectivity index (χ1v) is 4.44. The predicted octanol–water partition coefficient (Wildman–Crippen LogP) is 2.14. The molecule has 0 saturated carbocycles. The summed E-state index contributed by atoms with van der Waals surface area (Å²) in [4.78, 5) is 0. The third kappa shape index (κ3) is 2.80. The molecule has 0 aliphatic heterocycles. The second kappa shape index (κ2) is 5.61. The van der Waals surface area contributed by atoms with Crippen molar-refractivity contribution in [2.24, 2.45) is 0 Å². The zero-order valence-corrected chi connectivity index (χ0v) is 9.65. The fourth-order valence-electron chi connectivity index (χ4n) is 0.893. The molecule has 0 fully saturated rings. The Morgan fingerprint density at radius 1 is 1.50 bits per heavy atom. The summed E-state index contributed by atoms with van der Waals surface area (Å²) in [5.41, 5.74) is 1.13. The Morgan fingerprint density at radius 3 is 2.75 bits per heavy atom. The minimum atomic E-state index is 0. The van der Waals surface area contributed by atoms with Crippen molar-refractivity contribution < 1.29 is 5.11 Å². The number of phenolic OH excluding ortho intramolecular Hbond substituents is 1. The van der Waals surface area contributed by atoms with E-state index in [-0.39, 0.29) is 12.4 Å². The Balaban J connectivity index is 0.00000121. The first-order valence-electron chi connectivity index (χ1n) is 3.36. The molecule has 0 spiro atoms. The molecule has 0 atom stereocenters. The van der Waals surface area contributed by atoms with E-state index >= 15 is 0 Å². The van der Waals surface area contributed by atoms with Crippen LogP contribution < -0.4 is 5.32 Å². The molecular weight excluding hydrogens is 288 g/mol. The maximum atomic E-state index is 9.29. The monoisotopic (exact) mass is 299 g/mol. The van der Waals surface area contributed by atoms with Gasteiger partial charge in [-0.3, -0.25) is 0 Å². The topological polar surface area (TPSA) is 32.3 Å². The summed E-state index contributed by atoms with van der Waals surface area (Å²) in [7, 11) is 1.89. The van der Waals surface area contributed by atoms with Crippen molar-refractivity contribution in [1.82, 2.24) is 5.32 Å². The number of benzene rings is 1. The lowest BCUT2D eigenvalue weighted by atomic mass is 10.2. The van der Waals surface area contributed by atoms with Crippen LogP contribution in [-0.2, 0) is 6.54 Å². The molecule has 1 rings (SSSR count). The molecule has 0 heterocycles. The highest BCUT2D eigenvalue weighted by Crippen LogP contribution is 2.22. The molecule has 1 aromatic rings. The van der Waals surface area contributed by atoms with E-state index in [2.05, 4.69) is 27.9 Å².